The first-order valence-corrected chi connectivity index (χ1v) is 8.08. The van der Waals surface area contributed by atoms with Crippen molar-refractivity contribution >= 4 is 23.0 Å². The maximum absolute atomic E-state index is 4.60. The summed E-state index contributed by atoms with van der Waals surface area (Å²) < 4.78 is 1.98. The number of hydrogen-bond acceptors (Lipinski definition) is 5. The van der Waals surface area contributed by atoms with Gasteiger partial charge in [0.2, 0.25) is 0 Å². The molecule has 3 aromatic rings. The van der Waals surface area contributed by atoms with Gasteiger partial charge in [0, 0.05) is 50.9 Å². The minimum Gasteiger partial charge on any atom is -0.356 e. The van der Waals surface area contributed by atoms with Crippen molar-refractivity contribution in [2.24, 2.45) is 0 Å². The summed E-state index contributed by atoms with van der Waals surface area (Å²) in [6.45, 7) is 4.10. The van der Waals surface area contributed by atoms with Crippen molar-refractivity contribution in [3.63, 3.8) is 0 Å². The lowest BCUT2D eigenvalue weighted by molar-refractivity contribution is 0.572. The summed E-state index contributed by atoms with van der Waals surface area (Å²) in [5.41, 5.74) is 1.89. The molecule has 3 aromatic heterocycles. The Kier molecular flexibility index (Phi) is 3.57. The highest BCUT2D eigenvalue weighted by atomic mass is 15.2. The molecule has 0 amide bonds. The lowest BCUT2D eigenvalue weighted by atomic mass is 10.1. The van der Waals surface area contributed by atoms with E-state index in [-0.39, 0.29) is 1.43 Å². The Morgan fingerprint density at radius 2 is 1.96 bits per heavy atom. The minimum atomic E-state index is 0. The molecule has 0 atom stereocenters. The van der Waals surface area contributed by atoms with Gasteiger partial charge in [-0.2, -0.15) is 0 Å². The number of hydrogen-bond donors (Lipinski definition) is 1. The van der Waals surface area contributed by atoms with Crippen LogP contribution in [0.3, 0.4) is 0 Å². The SMILES string of the molecule is Cc1nc(Nc2ccn3ccnc3c2)cc(N2CCCCC2)n1.[HH]. The van der Waals surface area contributed by atoms with Crippen molar-refractivity contribution in [1.29, 1.82) is 0 Å². The third-order valence-corrected chi connectivity index (χ3v) is 4.17. The molecule has 0 saturated carbocycles. The van der Waals surface area contributed by atoms with Crippen LogP contribution in [0.5, 0.6) is 0 Å². The molecule has 0 spiro atoms. The molecule has 1 fully saturated rings. The highest BCUT2D eigenvalue weighted by molar-refractivity contribution is 5.63. The summed E-state index contributed by atoms with van der Waals surface area (Å²) in [6.07, 6.45) is 9.51. The zero-order valence-corrected chi connectivity index (χ0v) is 13.2. The molecule has 0 aromatic carbocycles. The first-order chi connectivity index (χ1) is 11.3. The van der Waals surface area contributed by atoms with Crippen LogP contribution in [0.15, 0.2) is 36.8 Å². The van der Waals surface area contributed by atoms with E-state index in [0.717, 1.165) is 41.9 Å². The number of pyridine rings is 1. The third kappa shape index (κ3) is 2.97. The lowest BCUT2D eigenvalue weighted by Crippen LogP contribution is -2.30. The van der Waals surface area contributed by atoms with Gasteiger partial charge in [0.25, 0.3) is 0 Å². The van der Waals surface area contributed by atoms with Gasteiger partial charge in [-0.05, 0) is 32.3 Å². The van der Waals surface area contributed by atoms with Gasteiger partial charge in [-0.3, -0.25) is 0 Å². The van der Waals surface area contributed by atoms with E-state index in [0.29, 0.717) is 0 Å². The number of nitrogens with zero attached hydrogens (tertiary/aromatic N) is 5. The summed E-state index contributed by atoms with van der Waals surface area (Å²) in [5, 5.41) is 3.38. The molecule has 4 rings (SSSR count). The fraction of sp³-hybridized carbons (Fsp3) is 0.353. The molecule has 0 bridgehead atoms. The highest BCUT2D eigenvalue weighted by Gasteiger charge is 2.14. The summed E-state index contributed by atoms with van der Waals surface area (Å²) >= 11 is 0. The molecular weight excluding hydrogens is 288 g/mol. The fourth-order valence-corrected chi connectivity index (χ4v) is 3.04. The van der Waals surface area contributed by atoms with Crippen molar-refractivity contribution in [3.05, 3.63) is 42.6 Å². The number of rotatable bonds is 3. The molecule has 1 aliphatic rings. The van der Waals surface area contributed by atoms with Crippen molar-refractivity contribution in [2.45, 2.75) is 26.2 Å². The Morgan fingerprint density at radius 1 is 1.09 bits per heavy atom. The largest absolute Gasteiger partial charge is 0.356 e. The molecular formula is C17H22N6. The van der Waals surface area contributed by atoms with E-state index >= 15 is 0 Å². The second-order valence-corrected chi connectivity index (χ2v) is 5.94. The van der Waals surface area contributed by atoms with Gasteiger partial charge in [0.1, 0.15) is 23.1 Å². The topological polar surface area (TPSA) is 58.4 Å². The predicted molar refractivity (Wildman–Crippen MR) is 93.4 cm³/mol. The molecule has 0 unspecified atom stereocenters. The number of nitrogens with one attached hydrogen (secondary N) is 1. The Bertz CT molecular complexity index is 825. The van der Waals surface area contributed by atoms with Gasteiger partial charge in [0.15, 0.2) is 0 Å². The van der Waals surface area contributed by atoms with Crippen molar-refractivity contribution in [3.8, 4) is 0 Å². The minimum absolute atomic E-state index is 0. The van der Waals surface area contributed by atoms with Gasteiger partial charge in [-0.1, -0.05) is 0 Å². The highest BCUT2D eigenvalue weighted by Crippen LogP contribution is 2.23. The number of anilines is 3. The molecule has 6 nitrogen and oxygen atoms in total. The average Bonchev–Trinajstić information content (AvgIpc) is 3.03. The van der Waals surface area contributed by atoms with E-state index in [1.54, 1.807) is 6.20 Å². The summed E-state index contributed by atoms with van der Waals surface area (Å²) in [6, 6.07) is 6.07. The summed E-state index contributed by atoms with van der Waals surface area (Å²) in [5.74, 6) is 2.63. The maximum atomic E-state index is 4.60. The van der Waals surface area contributed by atoms with Crippen LogP contribution in [-0.2, 0) is 0 Å². The van der Waals surface area contributed by atoms with E-state index in [9.17, 15) is 0 Å². The van der Waals surface area contributed by atoms with Crippen LogP contribution in [-0.4, -0.2) is 32.4 Å². The van der Waals surface area contributed by atoms with Crippen LogP contribution < -0.4 is 10.2 Å². The van der Waals surface area contributed by atoms with Gasteiger partial charge in [-0.25, -0.2) is 15.0 Å². The predicted octanol–water partition coefficient (Wildman–Crippen LogP) is 3.41. The Labute approximate surface area is 136 Å². The van der Waals surface area contributed by atoms with E-state index in [2.05, 4.69) is 25.2 Å². The number of fused-ring (bicyclic) bond motifs is 1. The number of aromatic nitrogens is 4. The quantitative estimate of drug-likeness (QED) is 0.803. The summed E-state index contributed by atoms with van der Waals surface area (Å²) in [4.78, 5) is 15.8. The summed E-state index contributed by atoms with van der Waals surface area (Å²) in [7, 11) is 0. The maximum Gasteiger partial charge on any atom is 0.138 e. The van der Waals surface area contributed by atoms with Crippen molar-refractivity contribution in [2.75, 3.05) is 23.3 Å². The first-order valence-electron chi connectivity index (χ1n) is 8.08. The fourth-order valence-electron chi connectivity index (χ4n) is 3.04. The number of imidazole rings is 1. The zero-order valence-electron chi connectivity index (χ0n) is 13.2. The van der Waals surface area contributed by atoms with Crippen LogP contribution in [0, 0.1) is 6.92 Å². The van der Waals surface area contributed by atoms with Crippen molar-refractivity contribution in [1.82, 2.24) is 19.4 Å². The lowest BCUT2D eigenvalue weighted by Gasteiger charge is -2.28. The van der Waals surface area contributed by atoms with Crippen LogP contribution >= 0.6 is 0 Å². The van der Waals surface area contributed by atoms with Gasteiger partial charge in [0.05, 0.1) is 0 Å². The molecule has 4 heterocycles. The molecule has 120 valence electrons. The smallest absolute Gasteiger partial charge is 0.138 e. The van der Waals surface area contributed by atoms with E-state index in [4.69, 9.17) is 0 Å². The van der Waals surface area contributed by atoms with Crippen LogP contribution in [0.2, 0.25) is 0 Å². The van der Waals surface area contributed by atoms with Crippen LogP contribution in [0.25, 0.3) is 5.65 Å². The zero-order chi connectivity index (χ0) is 15.6. The standard InChI is InChI=1S/C17H20N6.H2/c1-13-19-15(12-17(20-13)22-7-3-2-4-8-22)21-14-5-9-23-10-6-18-16(23)11-14;/h5-6,9-12H,2-4,7-8H2,1H3,(H,19,20,21);1H. The molecule has 1 aliphatic heterocycles. The second kappa shape index (κ2) is 5.87. The molecule has 0 radical (unpaired) electrons. The van der Waals surface area contributed by atoms with Crippen LogP contribution in [0.4, 0.5) is 17.3 Å². The molecule has 1 saturated heterocycles. The Morgan fingerprint density at radius 3 is 2.83 bits per heavy atom. The molecule has 6 heteroatoms. The first kappa shape index (κ1) is 14.0. The van der Waals surface area contributed by atoms with E-state index in [1.165, 1.54) is 19.3 Å². The van der Waals surface area contributed by atoms with Gasteiger partial charge < -0.3 is 14.6 Å². The Hall–Kier alpha value is -2.63. The van der Waals surface area contributed by atoms with Gasteiger partial charge >= 0.3 is 0 Å². The average molecular weight is 310 g/mol. The third-order valence-electron chi connectivity index (χ3n) is 4.17. The normalized spacial score (nSPS) is 15.1. The van der Waals surface area contributed by atoms with Crippen LogP contribution in [0.1, 0.15) is 26.5 Å². The van der Waals surface area contributed by atoms with Gasteiger partial charge in [-0.15, -0.1) is 0 Å². The molecule has 23 heavy (non-hydrogen) atoms. The van der Waals surface area contributed by atoms with Crippen molar-refractivity contribution < 1.29 is 1.43 Å². The molecule has 0 aliphatic carbocycles. The second-order valence-electron chi connectivity index (χ2n) is 5.94. The van der Waals surface area contributed by atoms with E-state index in [1.807, 2.05) is 41.9 Å². The Balaban J connectivity index is 0.00000169. The number of piperidine rings is 1. The monoisotopic (exact) mass is 310 g/mol. The van der Waals surface area contributed by atoms with E-state index < -0.39 is 0 Å². The molecule has 1 N–H and O–H groups in total. The number of aryl methyl sites for hydroxylation is 1.